The van der Waals surface area contributed by atoms with Gasteiger partial charge in [-0.25, -0.2) is 4.98 Å². The zero-order chi connectivity index (χ0) is 17.5. The summed E-state index contributed by atoms with van der Waals surface area (Å²) in [6, 6.07) is 8.89. The summed E-state index contributed by atoms with van der Waals surface area (Å²) in [4.78, 5) is 13.5. The molecule has 2 fully saturated rings. The number of rotatable bonds is 2. The van der Waals surface area contributed by atoms with Crippen molar-refractivity contribution in [1.29, 1.82) is 0 Å². The molecule has 0 unspecified atom stereocenters. The molecule has 0 spiro atoms. The summed E-state index contributed by atoms with van der Waals surface area (Å²) in [6.45, 7) is 4.76. The lowest BCUT2D eigenvalue weighted by molar-refractivity contribution is 0.141. The van der Waals surface area contributed by atoms with E-state index in [1.807, 2.05) is 18.3 Å². The van der Waals surface area contributed by atoms with Crippen molar-refractivity contribution in [1.82, 2.24) is 14.9 Å². The van der Waals surface area contributed by atoms with E-state index >= 15 is 0 Å². The molecule has 5 rings (SSSR count). The van der Waals surface area contributed by atoms with Gasteiger partial charge in [0.05, 0.1) is 5.52 Å². The van der Waals surface area contributed by atoms with E-state index in [1.165, 1.54) is 56.0 Å². The molecule has 136 valence electrons. The molecule has 1 N–H and O–H groups in total. The van der Waals surface area contributed by atoms with Crippen molar-refractivity contribution in [2.24, 2.45) is 0 Å². The molecule has 0 atom stereocenters. The third-order valence-electron chi connectivity index (χ3n) is 6.13. The maximum atomic E-state index is 6.21. The normalized spacial score (nSPS) is 20.3. The first-order valence-corrected chi connectivity index (χ1v) is 10.2. The Morgan fingerprint density at radius 3 is 2.58 bits per heavy atom. The van der Waals surface area contributed by atoms with Gasteiger partial charge in [-0.15, -0.1) is 0 Å². The highest BCUT2D eigenvalue weighted by Crippen LogP contribution is 2.33. The molecule has 4 heterocycles. The topological polar surface area (TPSA) is 35.2 Å². The van der Waals surface area contributed by atoms with Crippen LogP contribution in [0.5, 0.6) is 0 Å². The number of piperidine rings is 2. The second kappa shape index (κ2) is 6.75. The molecule has 1 aromatic carbocycles. The zero-order valence-electron chi connectivity index (χ0n) is 15.0. The first kappa shape index (κ1) is 16.4. The number of fused-ring (bicyclic) bond motifs is 3. The largest absolute Gasteiger partial charge is 0.355 e. The number of benzene rings is 1. The maximum Gasteiger partial charge on any atom is 0.152 e. The molecule has 0 radical (unpaired) electrons. The first-order valence-electron chi connectivity index (χ1n) is 9.84. The van der Waals surface area contributed by atoms with Crippen LogP contribution in [-0.2, 0) is 0 Å². The van der Waals surface area contributed by atoms with Gasteiger partial charge in [0.15, 0.2) is 5.82 Å². The summed E-state index contributed by atoms with van der Waals surface area (Å²) in [5.41, 5.74) is 2.27. The lowest BCUT2D eigenvalue weighted by Gasteiger charge is -2.40. The molecule has 2 aromatic heterocycles. The van der Waals surface area contributed by atoms with E-state index in [0.717, 1.165) is 41.0 Å². The van der Waals surface area contributed by atoms with Crippen LogP contribution in [0, 0.1) is 0 Å². The van der Waals surface area contributed by atoms with Gasteiger partial charge in [0, 0.05) is 46.6 Å². The van der Waals surface area contributed by atoms with E-state index in [-0.39, 0.29) is 0 Å². The number of H-pyrrole nitrogens is 1. The van der Waals surface area contributed by atoms with Gasteiger partial charge < -0.3 is 14.8 Å². The molecule has 5 heteroatoms. The second-order valence-electron chi connectivity index (χ2n) is 7.69. The molecule has 0 aliphatic carbocycles. The molecule has 26 heavy (non-hydrogen) atoms. The number of pyridine rings is 1. The molecule has 4 nitrogen and oxygen atoms in total. The van der Waals surface area contributed by atoms with Gasteiger partial charge >= 0.3 is 0 Å². The summed E-state index contributed by atoms with van der Waals surface area (Å²) < 4.78 is 0. The van der Waals surface area contributed by atoms with E-state index in [1.54, 1.807) is 0 Å². The fourth-order valence-electron chi connectivity index (χ4n) is 4.75. The third kappa shape index (κ3) is 2.85. The first-order chi connectivity index (χ1) is 12.8. The van der Waals surface area contributed by atoms with Gasteiger partial charge in [-0.05, 0) is 63.0 Å². The van der Waals surface area contributed by atoms with Gasteiger partial charge in [0.25, 0.3) is 0 Å². The van der Waals surface area contributed by atoms with Crippen molar-refractivity contribution in [3.8, 4) is 0 Å². The van der Waals surface area contributed by atoms with Crippen molar-refractivity contribution in [3.63, 3.8) is 0 Å². The molecule has 0 saturated carbocycles. The number of aromatic amines is 1. The van der Waals surface area contributed by atoms with Crippen molar-refractivity contribution in [2.45, 2.75) is 38.1 Å². The molecule has 0 bridgehead atoms. The lowest BCUT2D eigenvalue weighted by atomic mass is 10.00. The van der Waals surface area contributed by atoms with E-state index in [2.05, 4.69) is 26.9 Å². The molecule has 0 amide bonds. The Bertz CT molecular complexity index is 920. The van der Waals surface area contributed by atoms with E-state index in [0.29, 0.717) is 0 Å². The molecular weight excluding hydrogens is 344 g/mol. The highest BCUT2D eigenvalue weighted by molar-refractivity contribution is 6.32. The van der Waals surface area contributed by atoms with Crippen LogP contribution in [0.4, 0.5) is 5.82 Å². The number of aromatic nitrogens is 2. The molecule has 2 aliphatic rings. The van der Waals surface area contributed by atoms with Crippen LogP contribution in [0.1, 0.15) is 32.1 Å². The molecular formula is C21H25ClN4. The zero-order valence-corrected chi connectivity index (χ0v) is 15.8. The highest BCUT2D eigenvalue weighted by atomic mass is 35.5. The van der Waals surface area contributed by atoms with Crippen molar-refractivity contribution in [3.05, 3.63) is 35.5 Å². The van der Waals surface area contributed by atoms with Crippen molar-refractivity contribution in [2.75, 3.05) is 31.1 Å². The van der Waals surface area contributed by atoms with Gasteiger partial charge in [-0.1, -0.05) is 18.0 Å². The maximum absolute atomic E-state index is 6.21. The predicted octanol–water partition coefficient (Wildman–Crippen LogP) is 4.82. The molecule has 2 aliphatic heterocycles. The van der Waals surface area contributed by atoms with E-state index < -0.39 is 0 Å². The third-order valence-corrected chi connectivity index (χ3v) is 6.37. The van der Waals surface area contributed by atoms with Crippen LogP contribution in [0.3, 0.4) is 0 Å². The number of nitrogens with one attached hydrogen (secondary N) is 1. The average Bonchev–Trinajstić information content (AvgIpc) is 3.07. The SMILES string of the molecule is Clc1ccc2[nH]c3c(N4CCC(N5CCCCC5)CC4)nccc3c2c1. The summed E-state index contributed by atoms with van der Waals surface area (Å²) >= 11 is 6.21. The van der Waals surface area contributed by atoms with Gasteiger partial charge in [-0.3, -0.25) is 0 Å². The summed E-state index contributed by atoms with van der Waals surface area (Å²) in [5, 5.41) is 3.17. The van der Waals surface area contributed by atoms with Crippen LogP contribution < -0.4 is 4.90 Å². The van der Waals surface area contributed by atoms with Crippen LogP contribution in [0.2, 0.25) is 5.02 Å². The molecule has 2 saturated heterocycles. The Kier molecular flexibility index (Phi) is 4.26. The Balaban J connectivity index is 1.42. The number of nitrogens with zero attached hydrogens (tertiary/aromatic N) is 3. The molecule has 3 aromatic rings. The minimum atomic E-state index is 0.757. The minimum Gasteiger partial charge on any atom is -0.355 e. The van der Waals surface area contributed by atoms with Crippen LogP contribution in [0.15, 0.2) is 30.5 Å². The van der Waals surface area contributed by atoms with Crippen LogP contribution in [-0.4, -0.2) is 47.1 Å². The number of hydrogen-bond acceptors (Lipinski definition) is 3. The number of anilines is 1. The smallest absolute Gasteiger partial charge is 0.152 e. The Morgan fingerprint density at radius 2 is 1.77 bits per heavy atom. The number of halogens is 1. The van der Waals surface area contributed by atoms with E-state index in [4.69, 9.17) is 16.6 Å². The highest BCUT2D eigenvalue weighted by Gasteiger charge is 2.27. The van der Waals surface area contributed by atoms with Crippen LogP contribution >= 0.6 is 11.6 Å². The van der Waals surface area contributed by atoms with E-state index in [9.17, 15) is 0 Å². The summed E-state index contributed by atoms with van der Waals surface area (Å²) in [5.74, 6) is 1.09. The standard InChI is InChI=1S/C21H25ClN4/c22-15-4-5-19-18(14-15)17-6-9-23-21(20(17)24-19)26-12-7-16(8-13-26)25-10-2-1-3-11-25/h4-6,9,14,16,24H,1-3,7-8,10-13H2. The van der Waals surface area contributed by atoms with Crippen LogP contribution in [0.25, 0.3) is 21.8 Å². The predicted molar refractivity (Wildman–Crippen MR) is 109 cm³/mol. The lowest BCUT2D eigenvalue weighted by Crippen LogP contribution is -2.47. The number of likely N-dealkylation sites (tertiary alicyclic amines) is 1. The fourth-order valence-corrected chi connectivity index (χ4v) is 4.92. The summed E-state index contributed by atoms with van der Waals surface area (Å²) in [7, 11) is 0. The van der Waals surface area contributed by atoms with Crippen molar-refractivity contribution >= 4 is 39.2 Å². The van der Waals surface area contributed by atoms with Crippen molar-refractivity contribution < 1.29 is 0 Å². The average molecular weight is 369 g/mol. The quantitative estimate of drug-likeness (QED) is 0.704. The fraction of sp³-hybridized carbons (Fsp3) is 0.476. The van der Waals surface area contributed by atoms with Gasteiger partial charge in [0.1, 0.15) is 0 Å². The Hall–Kier alpha value is -1.78. The van der Waals surface area contributed by atoms with Gasteiger partial charge in [0.2, 0.25) is 0 Å². The Morgan fingerprint density at radius 1 is 0.962 bits per heavy atom. The summed E-state index contributed by atoms with van der Waals surface area (Å²) in [6.07, 6.45) is 8.57. The van der Waals surface area contributed by atoms with Gasteiger partial charge in [-0.2, -0.15) is 0 Å². The Labute approximate surface area is 159 Å². The minimum absolute atomic E-state index is 0.757. The number of hydrogen-bond donors (Lipinski definition) is 1. The monoisotopic (exact) mass is 368 g/mol. The second-order valence-corrected chi connectivity index (χ2v) is 8.12.